The number of carbonyl (C=O) groups excluding carboxylic acids is 1. The molecule has 0 fully saturated rings. The number of hydrogen-bond acceptors (Lipinski definition) is 4. The van der Waals surface area contributed by atoms with E-state index in [2.05, 4.69) is 20.0 Å². The van der Waals surface area contributed by atoms with Gasteiger partial charge in [0.15, 0.2) is 5.82 Å². The second-order valence-corrected chi connectivity index (χ2v) is 4.43. The van der Waals surface area contributed by atoms with Gasteiger partial charge >= 0.3 is 0 Å². The Morgan fingerprint density at radius 1 is 1.05 bits per heavy atom. The third-order valence-corrected chi connectivity index (χ3v) is 3.23. The van der Waals surface area contributed by atoms with Crippen LogP contribution in [0.15, 0.2) is 40.6 Å². The Balaban J connectivity index is 1.97. The Hall–Kier alpha value is -2.95. The first-order valence-corrected chi connectivity index (χ1v) is 6.12. The highest BCUT2D eigenvalue weighted by Crippen LogP contribution is 2.18. The molecule has 94 valence electrons. The molecule has 1 amide bonds. The molecule has 5 heteroatoms. The summed E-state index contributed by atoms with van der Waals surface area (Å²) in [5, 5.41) is 1.56. The number of fused-ring (bicyclic) bond motifs is 3. The molecule has 0 saturated heterocycles. The standard InChI is InChI=1S/C15H8N4O/c20-15-11(14-17-5-1-6-18-14)8-9-2-3-12-10(4-7-16-12)13(9)19-15/h1-8H. The fourth-order valence-electron chi connectivity index (χ4n) is 2.30. The van der Waals surface area contributed by atoms with Crippen molar-refractivity contribution in [3.63, 3.8) is 0 Å². The monoisotopic (exact) mass is 260 g/mol. The van der Waals surface area contributed by atoms with E-state index in [-0.39, 0.29) is 5.91 Å². The third kappa shape index (κ3) is 1.53. The van der Waals surface area contributed by atoms with Gasteiger partial charge in [0.2, 0.25) is 0 Å². The predicted molar refractivity (Wildman–Crippen MR) is 74.8 cm³/mol. The van der Waals surface area contributed by atoms with E-state index in [9.17, 15) is 4.79 Å². The van der Waals surface area contributed by atoms with Gasteiger partial charge in [-0.1, -0.05) is 6.07 Å². The number of rotatable bonds is 1. The zero-order valence-corrected chi connectivity index (χ0v) is 10.3. The van der Waals surface area contributed by atoms with Crippen LogP contribution in [0.25, 0.3) is 17.7 Å². The summed E-state index contributed by atoms with van der Waals surface area (Å²) in [5.74, 6) is 0.0741. The molecule has 1 aromatic carbocycles. The van der Waals surface area contributed by atoms with Gasteiger partial charge in [-0.05, 0) is 24.3 Å². The van der Waals surface area contributed by atoms with E-state index in [0.717, 1.165) is 16.5 Å². The van der Waals surface area contributed by atoms with E-state index in [4.69, 9.17) is 0 Å². The molecule has 0 saturated carbocycles. The van der Waals surface area contributed by atoms with Gasteiger partial charge in [-0.2, -0.15) is 0 Å². The Morgan fingerprint density at radius 2 is 1.90 bits per heavy atom. The molecule has 3 heterocycles. The first-order chi connectivity index (χ1) is 9.83. The fourth-order valence-corrected chi connectivity index (χ4v) is 2.30. The van der Waals surface area contributed by atoms with Crippen LogP contribution >= 0.6 is 0 Å². The molecule has 1 aromatic heterocycles. The quantitative estimate of drug-likeness (QED) is 0.757. The van der Waals surface area contributed by atoms with E-state index in [1.54, 1.807) is 30.8 Å². The zero-order chi connectivity index (χ0) is 13.5. The number of hydrogen-bond donors (Lipinski definition) is 0. The zero-order valence-electron chi connectivity index (χ0n) is 10.3. The Labute approximate surface area is 113 Å². The van der Waals surface area contributed by atoms with Gasteiger partial charge in [-0.3, -0.25) is 9.79 Å². The van der Waals surface area contributed by atoms with Crippen molar-refractivity contribution in [1.29, 1.82) is 0 Å². The predicted octanol–water partition coefficient (Wildman–Crippen LogP) is 0.673. The lowest BCUT2D eigenvalue weighted by Crippen LogP contribution is -2.30. The molecule has 20 heavy (non-hydrogen) atoms. The maximum absolute atomic E-state index is 12.2. The third-order valence-electron chi connectivity index (χ3n) is 3.23. The molecule has 5 nitrogen and oxygen atoms in total. The normalized spacial score (nSPS) is 15.0. The van der Waals surface area contributed by atoms with Crippen LogP contribution in [0.1, 0.15) is 11.4 Å². The maximum Gasteiger partial charge on any atom is 0.281 e. The fraction of sp³-hybridized carbons (Fsp3) is 0. The lowest BCUT2D eigenvalue weighted by Gasteiger charge is -2.08. The van der Waals surface area contributed by atoms with Gasteiger partial charge in [0.05, 0.1) is 16.6 Å². The van der Waals surface area contributed by atoms with E-state index in [0.29, 0.717) is 16.8 Å². The molecular weight excluding hydrogens is 252 g/mol. The van der Waals surface area contributed by atoms with Crippen molar-refractivity contribution in [2.45, 2.75) is 0 Å². The SMILES string of the molecule is O=C1N=c2c(ccc3c2=CC=N3)C=C1c1ncccn1. The summed E-state index contributed by atoms with van der Waals surface area (Å²) in [4.78, 5) is 28.8. The van der Waals surface area contributed by atoms with Crippen LogP contribution in [0, 0.1) is 0 Å². The molecule has 4 rings (SSSR count). The lowest BCUT2D eigenvalue weighted by atomic mass is 10.0. The first-order valence-electron chi connectivity index (χ1n) is 6.12. The molecule has 2 aromatic rings. The molecular formula is C15H8N4O. The second-order valence-electron chi connectivity index (χ2n) is 4.43. The van der Waals surface area contributed by atoms with Crippen LogP contribution in [-0.2, 0) is 4.79 Å². The van der Waals surface area contributed by atoms with Crippen LogP contribution in [0.5, 0.6) is 0 Å². The minimum atomic E-state index is -0.322. The summed E-state index contributed by atoms with van der Waals surface area (Å²) >= 11 is 0. The molecule has 2 aliphatic rings. The van der Waals surface area contributed by atoms with Gasteiger partial charge in [0.25, 0.3) is 5.91 Å². The van der Waals surface area contributed by atoms with Crippen molar-refractivity contribution in [1.82, 2.24) is 9.97 Å². The minimum absolute atomic E-state index is 0.322. The molecule has 0 N–H and O–H groups in total. The summed E-state index contributed by atoms with van der Waals surface area (Å²) in [6.07, 6.45) is 8.58. The largest absolute Gasteiger partial charge is 0.281 e. The van der Waals surface area contributed by atoms with Crippen LogP contribution in [0.4, 0.5) is 5.69 Å². The van der Waals surface area contributed by atoms with Gasteiger partial charge in [-0.15, -0.1) is 0 Å². The van der Waals surface area contributed by atoms with Crippen molar-refractivity contribution in [3.8, 4) is 0 Å². The molecule has 0 bridgehead atoms. The molecule has 0 spiro atoms. The molecule has 2 aliphatic heterocycles. The lowest BCUT2D eigenvalue weighted by molar-refractivity contribution is -0.112. The number of carbonyl (C=O) groups is 1. The van der Waals surface area contributed by atoms with Crippen LogP contribution in [-0.4, -0.2) is 22.1 Å². The Morgan fingerprint density at radius 3 is 2.75 bits per heavy atom. The van der Waals surface area contributed by atoms with E-state index >= 15 is 0 Å². The van der Waals surface area contributed by atoms with Crippen molar-refractivity contribution in [2.75, 3.05) is 0 Å². The number of aromatic nitrogens is 2. The van der Waals surface area contributed by atoms with E-state index < -0.39 is 0 Å². The highest BCUT2D eigenvalue weighted by molar-refractivity contribution is 6.24. The maximum atomic E-state index is 12.2. The van der Waals surface area contributed by atoms with Crippen molar-refractivity contribution >= 4 is 35.5 Å². The van der Waals surface area contributed by atoms with Crippen molar-refractivity contribution < 1.29 is 4.79 Å². The summed E-state index contributed by atoms with van der Waals surface area (Å²) in [6, 6.07) is 5.53. The van der Waals surface area contributed by atoms with Crippen LogP contribution in [0.3, 0.4) is 0 Å². The summed E-state index contributed by atoms with van der Waals surface area (Å²) < 4.78 is 0. The number of nitrogens with zero attached hydrogens (tertiary/aromatic N) is 4. The summed E-state index contributed by atoms with van der Waals surface area (Å²) in [7, 11) is 0. The number of amides is 1. The van der Waals surface area contributed by atoms with E-state index in [1.165, 1.54) is 0 Å². The highest BCUT2D eigenvalue weighted by atomic mass is 16.1. The van der Waals surface area contributed by atoms with Crippen molar-refractivity contribution in [3.05, 3.63) is 52.6 Å². The number of benzene rings is 1. The van der Waals surface area contributed by atoms with Crippen LogP contribution in [0.2, 0.25) is 0 Å². The van der Waals surface area contributed by atoms with Crippen LogP contribution < -0.4 is 10.6 Å². The average molecular weight is 260 g/mol. The van der Waals surface area contributed by atoms with Crippen molar-refractivity contribution in [2.24, 2.45) is 9.98 Å². The molecule has 0 radical (unpaired) electrons. The molecule has 0 aliphatic carbocycles. The first kappa shape index (κ1) is 10.9. The van der Waals surface area contributed by atoms with Gasteiger partial charge < -0.3 is 0 Å². The van der Waals surface area contributed by atoms with Gasteiger partial charge in [-0.25, -0.2) is 15.0 Å². The highest BCUT2D eigenvalue weighted by Gasteiger charge is 2.19. The number of aliphatic imine (C=N–C) groups is 1. The van der Waals surface area contributed by atoms with Gasteiger partial charge in [0, 0.05) is 29.4 Å². The minimum Gasteiger partial charge on any atom is -0.267 e. The second kappa shape index (κ2) is 4.03. The van der Waals surface area contributed by atoms with E-state index in [1.807, 2.05) is 18.2 Å². The topological polar surface area (TPSA) is 67.6 Å². The smallest absolute Gasteiger partial charge is 0.267 e. The molecule has 0 unspecified atom stereocenters. The Bertz CT molecular complexity index is 911. The Kier molecular flexibility index (Phi) is 2.20. The average Bonchev–Trinajstić information content (AvgIpc) is 2.96. The summed E-state index contributed by atoms with van der Waals surface area (Å²) in [6.45, 7) is 0. The summed E-state index contributed by atoms with van der Waals surface area (Å²) in [5.41, 5.74) is 2.14. The molecule has 0 atom stereocenters. The van der Waals surface area contributed by atoms with Gasteiger partial charge in [0.1, 0.15) is 0 Å².